The summed E-state index contributed by atoms with van der Waals surface area (Å²) in [6.07, 6.45) is 65.8. The largest absolute Gasteiger partial charge is 0.462 e. The summed E-state index contributed by atoms with van der Waals surface area (Å²) in [7, 11) is 0. The first kappa shape index (κ1) is 59.6. The van der Waals surface area contributed by atoms with Crippen LogP contribution < -0.4 is 0 Å². The van der Waals surface area contributed by atoms with Crippen molar-refractivity contribution in [2.24, 2.45) is 0 Å². The van der Waals surface area contributed by atoms with Crippen LogP contribution in [0.25, 0.3) is 0 Å². The molecule has 360 valence electrons. The first-order chi connectivity index (χ1) is 31.0. The van der Waals surface area contributed by atoms with Crippen LogP contribution in [0.15, 0.2) is 85.1 Å². The highest BCUT2D eigenvalue weighted by Gasteiger charge is 2.19. The van der Waals surface area contributed by atoms with Gasteiger partial charge in [0.25, 0.3) is 0 Å². The molecule has 0 radical (unpaired) electrons. The number of esters is 3. The van der Waals surface area contributed by atoms with Crippen LogP contribution in [0, 0.1) is 0 Å². The first-order valence-corrected chi connectivity index (χ1v) is 26.1. The molecule has 0 aromatic heterocycles. The van der Waals surface area contributed by atoms with Gasteiger partial charge in [-0.25, -0.2) is 0 Å². The van der Waals surface area contributed by atoms with Crippen LogP contribution in [-0.2, 0) is 28.6 Å². The second-order valence-electron chi connectivity index (χ2n) is 17.1. The highest BCUT2D eigenvalue weighted by molar-refractivity contribution is 5.71. The summed E-state index contributed by atoms with van der Waals surface area (Å²) in [5.74, 6) is -0.998. The third-order valence-electron chi connectivity index (χ3n) is 10.9. The molecule has 0 amide bonds. The number of allylic oxidation sites excluding steroid dienone is 14. The third-order valence-corrected chi connectivity index (χ3v) is 10.9. The molecule has 0 bridgehead atoms. The normalized spacial score (nSPS) is 12.7. The molecule has 1 atom stereocenters. The maximum atomic E-state index is 12.8. The van der Waals surface area contributed by atoms with E-state index in [2.05, 4.69) is 99.8 Å². The van der Waals surface area contributed by atoms with Crippen LogP contribution in [0.2, 0.25) is 0 Å². The van der Waals surface area contributed by atoms with Gasteiger partial charge >= 0.3 is 17.9 Å². The predicted molar refractivity (Wildman–Crippen MR) is 270 cm³/mol. The Balaban J connectivity index is 4.49. The fourth-order valence-electron chi connectivity index (χ4n) is 6.99. The highest BCUT2D eigenvalue weighted by Crippen LogP contribution is 2.15. The molecule has 0 aliphatic heterocycles. The average Bonchev–Trinajstić information content (AvgIpc) is 3.28. The lowest BCUT2D eigenvalue weighted by Crippen LogP contribution is -2.30. The van der Waals surface area contributed by atoms with Gasteiger partial charge in [-0.1, -0.05) is 221 Å². The van der Waals surface area contributed by atoms with Crippen molar-refractivity contribution in [3.63, 3.8) is 0 Å². The molecule has 0 saturated heterocycles. The van der Waals surface area contributed by atoms with Crippen molar-refractivity contribution in [1.82, 2.24) is 0 Å². The van der Waals surface area contributed by atoms with E-state index in [0.29, 0.717) is 19.3 Å². The molecule has 0 aliphatic carbocycles. The number of hydrogen-bond acceptors (Lipinski definition) is 6. The van der Waals surface area contributed by atoms with Gasteiger partial charge < -0.3 is 14.2 Å². The lowest BCUT2D eigenvalue weighted by Gasteiger charge is -2.18. The van der Waals surface area contributed by atoms with E-state index in [4.69, 9.17) is 14.2 Å². The van der Waals surface area contributed by atoms with Crippen molar-refractivity contribution in [1.29, 1.82) is 0 Å². The molecule has 63 heavy (non-hydrogen) atoms. The van der Waals surface area contributed by atoms with Crippen molar-refractivity contribution >= 4 is 17.9 Å². The molecule has 0 saturated carbocycles. The molecule has 6 heteroatoms. The smallest absolute Gasteiger partial charge is 0.306 e. The van der Waals surface area contributed by atoms with Gasteiger partial charge in [-0.05, 0) is 83.5 Å². The Morgan fingerprint density at radius 2 is 0.651 bits per heavy atom. The van der Waals surface area contributed by atoms with Crippen LogP contribution in [0.1, 0.15) is 239 Å². The summed E-state index contributed by atoms with van der Waals surface area (Å²) in [6, 6.07) is 0. The Hall–Kier alpha value is -3.41. The zero-order chi connectivity index (χ0) is 45.8. The van der Waals surface area contributed by atoms with Crippen molar-refractivity contribution in [3.05, 3.63) is 85.1 Å². The van der Waals surface area contributed by atoms with E-state index in [1.165, 1.54) is 103 Å². The topological polar surface area (TPSA) is 78.9 Å². The highest BCUT2D eigenvalue weighted by atomic mass is 16.6. The molecule has 0 N–H and O–H groups in total. The quantitative estimate of drug-likeness (QED) is 0.0262. The number of hydrogen-bond donors (Lipinski definition) is 0. The summed E-state index contributed by atoms with van der Waals surface area (Å²) in [6.45, 7) is 6.43. The molecular formula is C57H96O6. The Labute approximate surface area is 388 Å². The zero-order valence-electron chi connectivity index (χ0n) is 41.1. The van der Waals surface area contributed by atoms with Gasteiger partial charge in [-0.2, -0.15) is 0 Å². The van der Waals surface area contributed by atoms with Crippen molar-refractivity contribution in [3.8, 4) is 0 Å². The van der Waals surface area contributed by atoms with Crippen molar-refractivity contribution in [2.45, 2.75) is 245 Å². The van der Waals surface area contributed by atoms with Crippen LogP contribution in [0.4, 0.5) is 0 Å². The van der Waals surface area contributed by atoms with Gasteiger partial charge in [0.05, 0.1) is 0 Å². The maximum Gasteiger partial charge on any atom is 0.306 e. The van der Waals surface area contributed by atoms with E-state index < -0.39 is 6.10 Å². The number of ether oxygens (including phenoxy) is 3. The first-order valence-electron chi connectivity index (χ1n) is 26.1. The van der Waals surface area contributed by atoms with Crippen molar-refractivity contribution < 1.29 is 28.6 Å². The molecule has 0 heterocycles. The fraction of sp³-hybridized carbons (Fsp3) is 0.702. The maximum absolute atomic E-state index is 12.8. The number of carbonyl (C=O) groups is 3. The Kier molecular flexibility index (Phi) is 48.5. The van der Waals surface area contributed by atoms with Crippen LogP contribution >= 0.6 is 0 Å². The Morgan fingerprint density at radius 1 is 0.333 bits per heavy atom. The second-order valence-corrected chi connectivity index (χ2v) is 17.1. The Bertz CT molecular complexity index is 1240. The number of rotatable bonds is 46. The molecule has 0 spiro atoms. The third kappa shape index (κ3) is 49.5. The van der Waals surface area contributed by atoms with Crippen molar-refractivity contribution in [2.75, 3.05) is 13.2 Å². The van der Waals surface area contributed by atoms with Gasteiger partial charge in [0.2, 0.25) is 0 Å². The van der Waals surface area contributed by atoms with E-state index in [9.17, 15) is 14.4 Å². The fourth-order valence-corrected chi connectivity index (χ4v) is 6.99. The summed E-state index contributed by atoms with van der Waals surface area (Å²) in [4.78, 5) is 37.9. The van der Waals surface area contributed by atoms with Gasteiger partial charge in [-0.3, -0.25) is 14.4 Å². The molecule has 0 aromatic rings. The molecule has 1 unspecified atom stereocenters. The zero-order valence-corrected chi connectivity index (χ0v) is 41.1. The van der Waals surface area contributed by atoms with Gasteiger partial charge in [0.1, 0.15) is 13.2 Å². The van der Waals surface area contributed by atoms with E-state index >= 15 is 0 Å². The summed E-state index contributed by atoms with van der Waals surface area (Å²) in [5, 5.41) is 0. The lowest BCUT2D eigenvalue weighted by atomic mass is 10.0. The summed E-state index contributed by atoms with van der Waals surface area (Å²) >= 11 is 0. The molecule has 0 rings (SSSR count). The van der Waals surface area contributed by atoms with E-state index in [-0.39, 0.29) is 37.5 Å². The number of carbonyl (C=O) groups excluding carboxylic acids is 3. The standard InChI is InChI=1S/C57H96O6/c1-4-7-10-13-16-19-22-25-27-28-29-30-31-33-35-38-41-44-47-50-56(59)62-53-54(52-61-55(58)49-46-43-40-37-34-24-21-18-15-12-9-6-3)63-57(60)51-48-45-42-39-36-32-26-23-20-17-14-11-8-5-2/h7,10,16,18-19,21,25,27,29-30,33,35,41,44,54H,4-6,8-9,11-15,17,20,22-24,26,28,31-32,34,36-40,42-43,45-53H2,1-3H3/b10-7-,19-16-,21-18-,27-25-,30-29-,35-33-,44-41-. The number of unbranched alkanes of at least 4 members (excludes halogenated alkanes) is 21. The van der Waals surface area contributed by atoms with Crippen LogP contribution in [0.5, 0.6) is 0 Å². The van der Waals surface area contributed by atoms with E-state index in [0.717, 1.165) is 89.9 Å². The predicted octanol–water partition coefficient (Wildman–Crippen LogP) is 17.2. The molecule has 0 aliphatic rings. The minimum Gasteiger partial charge on any atom is -0.462 e. The van der Waals surface area contributed by atoms with E-state index in [1.54, 1.807) is 0 Å². The van der Waals surface area contributed by atoms with Crippen LogP contribution in [0.3, 0.4) is 0 Å². The van der Waals surface area contributed by atoms with Gasteiger partial charge in [0.15, 0.2) is 6.10 Å². The molecule has 6 nitrogen and oxygen atoms in total. The minimum absolute atomic E-state index is 0.103. The van der Waals surface area contributed by atoms with Crippen LogP contribution in [-0.4, -0.2) is 37.2 Å². The SMILES string of the molecule is CC/C=C\C/C=C\C/C=C\C/C=C\C/C=C\C/C=C\CCC(=O)OCC(COC(=O)CCCCCCC/C=C\CCCCC)OC(=O)CCCCCCCCCCCCCCCC. The second kappa shape index (κ2) is 51.2. The average molecular weight is 877 g/mol. The monoisotopic (exact) mass is 877 g/mol. The van der Waals surface area contributed by atoms with Gasteiger partial charge in [0, 0.05) is 19.3 Å². The lowest BCUT2D eigenvalue weighted by molar-refractivity contribution is -0.166. The molecular weight excluding hydrogens is 781 g/mol. The van der Waals surface area contributed by atoms with E-state index in [1.807, 2.05) is 6.08 Å². The minimum atomic E-state index is -0.807. The molecule has 0 aromatic carbocycles. The summed E-state index contributed by atoms with van der Waals surface area (Å²) < 4.78 is 16.7. The molecule has 0 fully saturated rings. The Morgan fingerprint density at radius 3 is 1.10 bits per heavy atom. The van der Waals surface area contributed by atoms with Gasteiger partial charge in [-0.15, -0.1) is 0 Å². The summed E-state index contributed by atoms with van der Waals surface area (Å²) in [5.41, 5.74) is 0.